The minimum Gasteiger partial charge on any atom is -0.481 e. The number of rotatable bonds is 2. The van der Waals surface area contributed by atoms with Crippen molar-refractivity contribution in [3.63, 3.8) is 0 Å². The van der Waals surface area contributed by atoms with Gasteiger partial charge in [0.25, 0.3) is 0 Å². The van der Waals surface area contributed by atoms with E-state index in [9.17, 15) is 14.7 Å². The topological polar surface area (TPSA) is 57.6 Å². The van der Waals surface area contributed by atoms with Crippen LogP contribution in [0.2, 0.25) is 0 Å². The van der Waals surface area contributed by atoms with Crippen LogP contribution in [0.15, 0.2) is 36.4 Å². The van der Waals surface area contributed by atoms with Crippen LogP contribution in [-0.4, -0.2) is 27.4 Å². The van der Waals surface area contributed by atoms with Crippen molar-refractivity contribution in [3.8, 4) is 0 Å². The molecule has 0 unspecified atom stereocenters. The summed E-state index contributed by atoms with van der Waals surface area (Å²) in [5.41, 5.74) is 2.48. The molecule has 28 heavy (non-hydrogen) atoms. The molecule has 0 radical (unpaired) electrons. The summed E-state index contributed by atoms with van der Waals surface area (Å²) >= 11 is 0. The SMILES string of the molecule is C[C@H]1CC2(CCCC2)N(C(=O)[C@@H]2[C@H](C(=O)O)[C@H]3C=C[C@H]2C3)Cc2ccccc21. The van der Waals surface area contributed by atoms with E-state index in [-0.39, 0.29) is 23.3 Å². The molecule has 4 heteroatoms. The van der Waals surface area contributed by atoms with Crippen molar-refractivity contribution in [1.29, 1.82) is 0 Å². The molecule has 1 aliphatic heterocycles. The van der Waals surface area contributed by atoms with Gasteiger partial charge in [-0.3, -0.25) is 9.59 Å². The molecule has 5 atom stereocenters. The Morgan fingerprint density at radius 1 is 1.07 bits per heavy atom. The maximum absolute atomic E-state index is 14.0. The predicted octanol–water partition coefficient (Wildman–Crippen LogP) is 4.36. The number of carboxylic acid groups (broad SMARTS) is 1. The van der Waals surface area contributed by atoms with Gasteiger partial charge in [-0.1, -0.05) is 56.2 Å². The summed E-state index contributed by atoms with van der Waals surface area (Å²) in [6, 6.07) is 8.50. The third kappa shape index (κ3) is 2.57. The highest BCUT2D eigenvalue weighted by molar-refractivity contribution is 5.87. The first-order valence-corrected chi connectivity index (χ1v) is 10.8. The van der Waals surface area contributed by atoms with Crippen LogP contribution in [0.3, 0.4) is 0 Å². The second kappa shape index (κ2) is 6.47. The molecule has 2 bridgehead atoms. The minimum absolute atomic E-state index is 0.0224. The Morgan fingerprint density at radius 3 is 2.46 bits per heavy atom. The zero-order valence-corrected chi connectivity index (χ0v) is 16.5. The Balaban J connectivity index is 1.55. The maximum atomic E-state index is 14.0. The van der Waals surface area contributed by atoms with Gasteiger partial charge in [-0.05, 0) is 54.6 Å². The first-order valence-electron chi connectivity index (χ1n) is 10.8. The number of hydrogen-bond donors (Lipinski definition) is 1. The van der Waals surface area contributed by atoms with Gasteiger partial charge in [0, 0.05) is 12.1 Å². The first kappa shape index (κ1) is 18.0. The predicted molar refractivity (Wildman–Crippen MR) is 107 cm³/mol. The molecule has 1 aromatic carbocycles. The van der Waals surface area contributed by atoms with Gasteiger partial charge in [-0.25, -0.2) is 0 Å². The van der Waals surface area contributed by atoms with Gasteiger partial charge in [0.1, 0.15) is 0 Å². The number of hydrogen-bond acceptors (Lipinski definition) is 2. The number of aliphatic carboxylic acids is 1. The monoisotopic (exact) mass is 379 g/mol. The van der Waals surface area contributed by atoms with Gasteiger partial charge in [-0.2, -0.15) is 0 Å². The van der Waals surface area contributed by atoms with Crippen molar-refractivity contribution in [2.45, 2.75) is 63.5 Å². The number of fused-ring (bicyclic) bond motifs is 3. The van der Waals surface area contributed by atoms with E-state index >= 15 is 0 Å². The summed E-state index contributed by atoms with van der Waals surface area (Å²) in [5, 5.41) is 9.86. The number of carboxylic acids is 1. The van der Waals surface area contributed by atoms with E-state index in [0.29, 0.717) is 12.5 Å². The molecule has 2 fully saturated rings. The van der Waals surface area contributed by atoms with Gasteiger partial charge in [0.15, 0.2) is 0 Å². The Labute approximate surface area is 166 Å². The molecule has 0 saturated heterocycles. The smallest absolute Gasteiger partial charge is 0.307 e. The van der Waals surface area contributed by atoms with Crippen LogP contribution in [0.1, 0.15) is 62.5 Å². The van der Waals surface area contributed by atoms with Gasteiger partial charge < -0.3 is 10.0 Å². The molecule has 5 rings (SSSR count). The second-order valence-electron chi connectivity index (χ2n) is 9.50. The fourth-order valence-electron chi connectivity index (χ4n) is 6.78. The Bertz CT molecular complexity index is 838. The molecule has 148 valence electrons. The lowest BCUT2D eigenvalue weighted by molar-refractivity contribution is -0.154. The maximum Gasteiger partial charge on any atom is 0.307 e. The quantitative estimate of drug-likeness (QED) is 0.777. The van der Waals surface area contributed by atoms with Crippen molar-refractivity contribution in [1.82, 2.24) is 4.90 Å². The fraction of sp³-hybridized carbons (Fsp3) is 0.583. The van der Waals surface area contributed by atoms with Crippen molar-refractivity contribution in [2.24, 2.45) is 23.7 Å². The van der Waals surface area contributed by atoms with Crippen LogP contribution >= 0.6 is 0 Å². The summed E-state index contributed by atoms with van der Waals surface area (Å²) in [6.45, 7) is 2.91. The molecule has 1 amide bonds. The van der Waals surface area contributed by atoms with E-state index < -0.39 is 17.8 Å². The molecule has 4 aliphatic rings. The third-order valence-electron chi connectivity index (χ3n) is 8.00. The third-order valence-corrected chi connectivity index (χ3v) is 8.00. The number of carbonyl (C=O) groups is 2. The summed E-state index contributed by atoms with van der Waals surface area (Å²) in [7, 11) is 0. The lowest BCUT2D eigenvalue weighted by Crippen LogP contribution is -2.53. The molecular formula is C24H29NO3. The zero-order chi connectivity index (χ0) is 19.5. The van der Waals surface area contributed by atoms with Crippen molar-refractivity contribution >= 4 is 11.9 Å². The molecule has 0 aromatic heterocycles. The van der Waals surface area contributed by atoms with E-state index in [4.69, 9.17) is 0 Å². The van der Waals surface area contributed by atoms with Crippen molar-refractivity contribution < 1.29 is 14.7 Å². The Kier molecular flexibility index (Phi) is 4.15. The van der Waals surface area contributed by atoms with E-state index in [0.717, 1.165) is 38.5 Å². The average molecular weight is 380 g/mol. The highest BCUT2D eigenvalue weighted by atomic mass is 16.4. The zero-order valence-electron chi connectivity index (χ0n) is 16.5. The minimum atomic E-state index is -0.806. The Hall–Kier alpha value is -2.10. The normalized spacial score (nSPS) is 35.2. The lowest BCUT2D eigenvalue weighted by Gasteiger charge is -2.44. The average Bonchev–Trinajstić information content (AvgIpc) is 3.40. The van der Waals surface area contributed by atoms with Crippen LogP contribution < -0.4 is 0 Å². The highest BCUT2D eigenvalue weighted by Gasteiger charge is 2.55. The van der Waals surface area contributed by atoms with Crippen LogP contribution in [0.25, 0.3) is 0 Å². The molecule has 1 N–H and O–H groups in total. The van der Waals surface area contributed by atoms with E-state index in [2.05, 4.69) is 42.2 Å². The van der Waals surface area contributed by atoms with E-state index in [1.54, 1.807) is 0 Å². The molecule has 1 spiro atoms. The second-order valence-corrected chi connectivity index (χ2v) is 9.50. The molecular weight excluding hydrogens is 350 g/mol. The van der Waals surface area contributed by atoms with Crippen molar-refractivity contribution in [3.05, 3.63) is 47.5 Å². The number of nitrogens with zero attached hydrogens (tertiary/aromatic N) is 1. The highest BCUT2D eigenvalue weighted by Crippen LogP contribution is 2.52. The standard InChI is InChI=1S/C24H29NO3/c1-15-13-24(10-4-5-11-24)25(14-18-6-2-3-7-19(15)18)22(26)20-16-8-9-17(12-16)21(20)23(27)28/h2-3,6-9,15-17,20-21H,4-5,10-14H2,1H3,(H,27,28)/t15-,16-,17-,20-,21+/m0/s1. The Morgan fingerprint density at radius 2 is 1.75 bits per heavy atom. The van der Waals surface area contributed by atoms with Gasteiger partial charge in [0.05, 0.1) is 11.8 Å². The number of benzene rings is 1. The van der Waals surface area contributed by atoms with Gasteiger partial charge in [0.2, 0.25) is 5.91 Å². The largest absolute Gasteiger partial charge is 0.481 e. The van der Waals surface area contributed by atoms with Crippen LogP contribution in [0.4, 0.5) is 0 Å². The van der Waals surface area contributed by atoms with E-state index in [1.807, 2.05) is 6.08 Å². The summed E-state index contributed by atoms with van der Waals surface area (Å²) in [4.78, 5) is 28.1. The lowest BCUT2D eigenvalue weighted by atomic mass is 9.79. The van der Waals surface area contributed by atoms with Gasteiger partial charge >= 0.3 is 5.97 Å². The fourth-order valence-corrected chi connectivity index (χ4v) is 6.78. The van der Waals surface area contributed by atoms with Crippen LogP contribution in [-0.2, 0) is 16.1 Å². The molecule has 4 nitrogen and oxygen atoms in total. The van der Waals surface area contributed by atoms with Crippen LogP contribution in [0.5, 0.6) is 0 Å². The summed E-state index contributed by atoms with van der Waals surface area (Å²) in [6.07, 6.45) is 10.3. The molecule has 1 heterocycles. The first-order chi connectivity index (χ1) is 13.5. The van der Waals surface area contributed by atoms with Crippen molar-refractivity contribution in [2.75, 3.05) is 0 Å². The van der Waals surface area contributed by atoms with Gasteiger partial charge in [-0.15, -0.1) is 0 Å². The summed E-state index contributed by atoms with van der Waals surface area (Å²) < 4.78 is 0. The molecule has 2 saturated carbocycles. The summed E-state index contributed by atoms with van der Waals surface area (Å²) in [5.74, 6) is -1.14. The van der Waals surface area contributed by atoms with Crippen LogP contribution in [0, 0.1) is 23.7 Å². The number of amides is 1. The molecule has 1 aromatic rings. The number of carbonyl (C=O) groups excluding carboxylic acids is 1. The molecule has 3 aliphatic carbocycles. The van der Waals surface area contributed by atoms with E-state index in [1.165, 1.54) is 11.1 Å². The number of allylic oxidation sites excluding steroid dienone is 2.